The zero-order valence-corrected chi connectivity index (χ0v) is 13.7. The number of rotatable bonds is 5. The second-order valence-electron chi connectivity index (χ2n) is 3.76. The van der Waals surface area contributed by atoms with E-state index in [-0.39, 0.29) is 13.0 Å². The van der Waals surface area contributed by atoms with Crippen LogP contribution in [0.15, 0.2) is 21.3 Å². The van der Waals surface area contributed by atoms with E-state index in [1.54, 1.807) is 5.38 Å². The number of amides is 2. The van der Waals surface area contributed by atoms with E-state index in [9.17, 15) is 9.59 Å². The number of nitrogens with one attached hydrogen (secondary N) is 2. The standard InChI is InChI=1S/C11H10BrN3O4S2/c12-8-2-1-7(21-8)4-19-11(17)14-10-13-6(5-20-10)3-9(16)15-18/h1-2,5,18H,3-4H2,(H,15,16)(H,13,14,17). The van der Waals surface area contributed by atoms with Crippen LogP contribution in [0.25, 0.3) is 0 Å². The Morgan fingerprint density at radius 3 is 2.90 bits per heavy atom. The second kappa shape index (κ2) is 7.50. The van der Waals surface area contributed by atoms with E-state index in [4.69, 9.17) is 9.94 Å². The zero-order valence-electron chi connectivity index (χ0n) is 10.5. The number of hydrogen-bond donors (Lipinski definition) is 3. The average molecular weight is 392 g/mol. The van der Waals surface area contributed by atoms with Crippen LogP contribution < -0.4 is 10.8 Å². The molecule has 0 saturated carbocycles. The Morgan fingerprint density at radius 1 is 1.43 bits per heavy atom. The Balaban J connectivity index is 1.81. The molecule has 2 amide bonds. The SMILES string of the molecule is O=C(Cc1csc(NC(=O)OCc2ccc(Br)s2)n1)NO. The lowest BCUT2D eigenvalue weighted by atomic mass is 10.3. The summed E-state index contributed by atoms with van der Waals surface area (Å²) >= 11 is 5.97. The molecule has 0 aliphatic carbocycles. The molecule has 0 aliphatic heterocycles. The number of thiophene rings is 1. The molecule has 0 aliphatic rings. The van der Waals surface area contributed by atoms with Gasteiger partial charge in [-0.3, -0.25) is 15.3 Å². The van der Waals surface area contributed by atoms with Gasteiger partial charge < -0.3 is 4.74 Å². The summed E-state index contributed by atoms with van der Waals surface area (Å²) in [6.07, 6.45) is -0.681. The molecule has 112 valence electrons. The van der Waals surface area contributed by atoms with Crippen molar-refractivity contribution >= 4 is 55.7 Å². The Bertz CT molecular complexity index is 643. The van der Waals surface area contributed by atoms with Crippen molar-refractivity contribution in [1.29, 1.82) is 0 Å². The van der Waals surface area contributed by atoms with Gasteiger partial charge in [-0.1, -0.05) is 0 Å². The van der Waals surface area contributed by atoms with Crippen LogP contribution >= 0.6 is 38.6 Å². The summed E-state index contributed by atoms with van der Waals surface area (Å²) in [5.41, 5.74) is 1.96. The van der Waals surface area contributed by atoms with Crippen LogP contribution in [0.5, 0.6) is 0 Å². The molecule has 0 radical (unpaired) electrons. The first kappa shape index (κ1) is 15.9. The van der Waals surface area contributed by atoms with Crippen molar-refractivity contribution in [3.8, 4) is 0 Å². The summed E-state index contributed by atoms with van der Waals surface area (Å²) in [4.78, 5) is 27.5. The van der Waals surface area contributed by atoms with Gasteiger partial charge in [0.05, 0.1) is 15.9 Å². The highest BCUT2D eigenvalue weighted by Crippen LogP contribution is 2.23. The molecule has 0 atom stereocenters. The summed E-state index contributed by atoms with van der Waals surface area (Å²) in [6, 6.07) is 3.73. The molecule has 0 aromatic carbocycles. The van der Waals surface area contributed by atoms with E-state index in [0.717, 1.165) is 8.66 Å². The first-order valence-corrected chi connectivity index (χ1v) is 8.11. The van der Waals surface area contributed by atoms with E-state index in [1.165, 1.54) is 28.2 Å². The molecule has 3 N–H and O–H groups in total. The number of thiazole rings is 1. The maximum absolute atomic E-state index is 11.6. The third-order valence-electron chi connectivity index (χ3n) is 2.20. The summed E-state index contributed by atoms with van der Waals surface area (Å²) < 4.78 is 6.01. The summed E-state index contributed by atoms with van der Waals surface area (Å²) in [5.74, 6) is -0.572. The number of hydrogen-bond acceptors (Lipinski definition) is 7. The molecule has 0 unspecified atom stereocenters. The monoisotopic (exact) mass is 391 g/mol. The van der Waals surface area contributed by atoms with Crippen molar-refractivity contribution in [2.24, 2.45) is 0 Å². The van der Waals surface area contributed by atoms with Crippen LogP contribution in [0.2, 0.25) is 0 Å². The van der Waals surface area contributed by atoms with Crippen molar-refractivity contribution in [3.05, 3.63) is 31.9 Å². The minimum Gasteiger partial charge on any atom is -0.444 e. The lowest BCUT2D eigenvalue weighted by Gasteiger charge is -2.02. The quantitative estimate of drug-likeness (QED) is 0.537. The number of ether oxygens (including phenoxy) is 1. The first-order chi connectivity index (χ1) is 10.1. The van der Waals surface area contributed by atoms with E-state index < -0.39 is 12.0 Å². The van der Waals surface area contributed by atoms with Crippen molar-refractivity contribution in [2.75, 3.05) is 5.32 Å². The van der Waals surface area contributed by atoms with Gasteiger partial charge in [-0.05, 0) is 28.1 Å². The fourth-order valence-corrected chi connectivity index (χ4v) is 3.43. The van der Waals surface area contributed by atoms with Crippen LogP contribution in [-0.4, -0.2) is 22.2 Å². The van der Waals surface area contributed by atoms with Gasteiger partial charge in [-0.25, -0.2) is 15.3 Å². The van der Waals surface area contributed by atoms with Gasteiger partial charge in [0.1, 0.15) is 6.61 Å². The normalized spacial score (nSPS) is 10.2. The van der Waals surface area contributed by atoms with E-state index in [2.05, 4.69) is 26.2 Å². The van der Waals surface area contributed by atoms with Crippen LogP contribution in [0.1, 0.15) is 10.6 Å². The number of hydroxylamine groups is 1. The number of anilines is 1. The van der Waals surface area contributed by atoms with Gasteiger partial charge in [0.15, 0.2) is 5.13 Å². The summed E-state index contributed by atoms with van der Waals surface area (Å²) in [6.45, 7) is 0.174. The predicted molar refractivity (Wildman–Crippen MR) is 81.6 cm³/mol. The average Bonchev–Trinajstić information content (AvgIpc) is 3.05. The van der Waals surface area contributed by atoms with Crippen molar-refractivity contribution < 1.29 is 19.5 Å². The number of nitrogens with zero attached hydrogens (tertiary/aromatic N) is 1. The Kier molecular flexibility index (Phi) is 5.67. The maximum atomic E-state index is 11.6. The molecule has 2 rings (SSSR count). The second-order valence-corrected chi connectivity index (χ2v) is 7.17. The highest BCUT2D eigenvalue weighted by molar-refractivity contribution is 9.11. The third kappa shape index (κ3) is 5.08. The first-order valence-electron chi connectivity index (χ1n) is 5.62. The summed E-state index contributed by atoms with van der Waals surface area (Å²) in [5, 5.41) is 12.8. The molecule has 2 aromatic rings. The predicted octanol–water partition coefficient (Wildman–Crippen LogP) is 2.76. The third-order valence-corrected chi connectivity index (χ3v) is 4.61. The summed E-state index contributed by atoms with van der Waals surface area (Å²) in [7, 11) is 0. The molecular formula is C11H10BrN3O4S2. The topological polar surface area (TPSA) is 101 Å². The van der Waals surface area contributed by atoms with Gasteiger partial charge >= 0.3 is 6.09 Å². The van der Waals surface area contributed by atoms with Gasteiger partial charge in [0.25, 0.3) is 0 Å². The highest BCUT2D eigenvalue weighted by Gasteiger charge is 2.10. The maximum Gasteiger partial charge on any atom is 0.413 e. The largest absolute Gasteiger partial charge is 0.444 e. The van der Waals surface area contributed by atoms with E-state index in [0.29, 0.717) is 10.8 Å². The number of carbonyl (C=O) groups is 2. The number of halogens is 1. The molecule has 0 spiro atoms. The van der Waals surface area contributed by atoms with Crippen LogP contribution in [0, 0.1) is 0 Å². The Labute approximate surface area is 136 Å². The van der Waals surface area contributed by atoms with Gasteiger partial charge in [-0.15, -0.1) is 22.7 Å². The molecular weight excluding hydrogens is 382 g/mol. The van der Waals surface area contributed by atoms with E-state index >= 15 is 0 Å². The minimum absolute atomic E-state index is 0.0625. The van der Waals surface area contributed by atoms with Crippen LogP contribution in [-0.2, 0) is 22.6 Å². The van der Waals surface area contributed by atoms with Gasteiger partial charge in [0.2, 0.25) is 5.91 Å². The van der Waals surface area contributed by atoms with Crippen molar-refractivity contribution in [1.82, 2.24) is 10.5 Å². The number of carbonyl (C=O) groups excluding carboxylic acids is 2. The van der Waals surface area contributed by atoms with E-state index in [1.807, 2.05) is 12.1 Å². The Morgan fingerprint density at radius 2 is 2.24 bits per heavy atom. The molecule has 21 heavy (non-hydrogen) atoms. The molecule has 0 saturated heterocycles. The van der Waals surface area contributed by atoms with Crippen LogP contribution in [0.3, 0.4) is 0 Å². The molecule has 7 nitrogen and oxygen atoms in total. The van der Waals surface area contributed by atoms with Crippen molar-refractivity contribution in [2.45, 2.75) is 13.0 Å². The minimum atomic E-state index is -0.618. The molecule has 0 bridgehead atoms. The number of aromatic nitrogens is 1. The molecule has 2 aromatic heterocycles. The Hall–Kier alpha value is -1.49. The lowest BCUT2D eigenvalue weighted by molar-refractivity contribution is -0.128. The molecule has 10 heteroatoms. The lowest BCUT2D eigenvalue weighted by Crippen LogP contribution is -2.20. The molecule has 2 heterocycles. The van der Waals surface area contributed by atoms with Gasteiger partial charge in [-0.2, -0.15) is 0 Å². The smallest absolute Gasteiger partial charge is 0.413 e. The zero-order chi connectivity index (χ0) is 15.2. The molecule has 0 fully saturated rings. The fourth-order valence-electron chi connectivity index (χ4n) is 1.34. The fraction of sp³-hybridized carbons (Fsp3) is 0.182. The van der Waals surface area contributed by atoms with Gasteiger partial charge in [0, 0.05) is 10.3 Å². The van der Waals surface area contributed by atoms with Crippen molar-refractivity contribution in [3.63, 3.8) is 0 Å². The van der Waals surface area contributed by atoms with Crippen LogP contribution in [0.4, 0.5) is 9.93 Å². The highest BCUT2D eigenvalue weighted by atomic mass is 79.9.